The second-order valence-electron chi connectivity index (χ2n) is 5.56. The summed E-state index contributed by atoms with van der Waals surface area (Å²) in [5, 5.41) is 7.34. The summed E-state index contributed by atoms with van der Waals surface area (Å²) < 4.78 is 1.93. The van der Waals surface area contributed by atoms with E-state index in [2.05, 4.69) is 24.3 Å². The van der Waals surface area contributed by atoms with E-state index >= 15 is 0 Å². The molecule has 120 valence electrons. The fourth-order valence-corrected chi connectivity index (χ4v) is 2.77. The van der Waals surface area contributed by atoms with Crippen LogP contribution in [-0.2, 0) is 11.2 Å². The second kappa shape index (κ2) is 9.42. The minimum absolute atomic E-state index is 0.333. The summed E-state index contributed by atoms with van der Waals surface area (Å²) in [5.74, 6) is 0.591. The van der Waals surface area contributed by atoms with Gasteiger partial charge in [0, 0.05) is 0 Å². The molecule has 1 heterocycles. The molecule has 5 nitrogen and oxygen atoms in total. The lowest BCUT2D eigenvalue weighted by atomic mass is 10.0. The molecule has 1 atom stereocenters. The van der Waals surface area contributed by atoms with Gasteiger partial charge in [-0.3, -0.25) is 4.79 Å². The van der Waals surface area contributed by atoms with Crippen molar-refractivity contribution in [3.05, 3.63) is 5.69 Å². The van der Waals surface area contributed by atoms with Crippen LogP contribution in [0.5, 0.6) is 0 Å². The second-order valence-corrected chi connectivity index (χ2v) is 5.56. The molecule has 0 radical (unpaired) electrons. The average molecular weight is 294 g/mol. The van der Waals surface area contributed by atoms with E-state index in [1.165, 1.54) is 25.7 Å². The SMILES string of the molecule is CCCCCCC(CCC)n1nc(CC)c(NC=O)c1N. The Morgan fingerprint density at radius 3 is 2.52 bits per heavy atom. The third kappa shape index (κ3) is 4.76. The molecule has 1 aromatic heterocycles. The Kier molecular flexibility index (Phi) is 7.87. The molecule has 21 heavy (non-hydrogen) atoms. The molecule has 0 aliphatic heterocycles. The fraction of sp³-hybridized carbons (Fsp3) is 0.750. The van der Waals surface area contributed by atoms with Crippen LogP contribution in [0, 0.1) is 0 Å². The first-order valence-electron chi connectivity index (χ1n) is 8.26. The largest absolute Gasteiger partial charge is 0.382 e. The number of amides is 1. The van der Waals surface area contributed by atoms with Gasteiger partial charge in [0.2, 0.25) is 6.41 Å². The Hall–Kier alpha value is -1.52. The number of carbonyl (C=O) groups is 1. The molecule has 0 saturated heterocycles. The normalized spacial score (nSPS) is 12.3. The van der Waals surface area contributed by atoms with Crippen molar-refractivity contribution in [2.24, 2.45) is 0 Å². The first-order chi connectivity index (χ1) is 10.2. The Bertz CT molecular complexity index is 428. The summed E-state index contributed by atoms with van der Waals surface area (Å²) in [7, 11) is 0. The van der Waals surface area contributed by atoms with E-state index < -0.39 is 0 Å². The van der Waals surface area contributed by atoms with E-state index in [0.29, 0.717) is 24.0 Å². The number of nitrogen functional groups attached to an aromatic ring is 1. The fourth-order valence-electron chi connectivity index (χ4n) is 2.77. The molecular weight excluding hydrogens is 264 g/mol. The number of nitrogens with zero attached hydrogens (tertiary/aromatic N) is 2. The highest BCUT2D eigenvalue weighted by molar-refractivity contribution is 5.80. The van der Waals surface area contributed by atoms with Crippen LogP contribution in [0.15, 0.2) is 0 Å². The highest BCUT2D eigenvalue weighted by Crippen LogP contribution is 2.30. The standard InChI is InChI=1S/C16H30N4O/c1-4-7-8-9-11-13(10-5-2)20-16(17)15(18-12-21)14(6-3)19-20/h12-13H,4-11,17H2,1-3H3,(H,18,21). The number of hydrogen-bond acceptors (Lipinski definition) is 3. The zero-order valence-corrected chi connectivity index (χ0v) is 13.7. The van der Waals surface area contributed by atoms with Crippen molar-refractivity contribution in [2.75, 3.05) is 11.1 Å². The highest BCUT2D eigenvalue weighted by Gasteiger charge is 2.19. The van der Waals surface area contributed by atoms with Crippen LogP contribution >= 0.6 is 0 Å². The minimum Gasteiger partial charge on any atom is -0.382 e. The van der Waals surface area contributed by atoms with Crippen LogP contribution in [0.4, 0.5) is 11.5 Å². The maximum atomic E-state index is 10.7. The number of carbonyl (C=O) groups excluding carboxylic acids is 1. The molecule has 3 N–H and O–H groups in total. The number of anilines is 2. The van der Waals surface area contributed by atoms with Crippen molar-refractivity contribution in [1.29, 1.82) is 0 Å². The van der Waals surface area contributed by atoms with Gasteiger partial charge in [-0.25, -0.2) is 4.68 Å². The van der Waals surface area contributed by atoms with Gasteiger partial charge >= 0.3 is 0 Å². The smallest absolute Gasteiger partial charge is 0.211 e. The van der Waals surface area contributed by atoms with Crippen LogP contribution in [0.25, 0.3) is 0 Å². The number of aromatic nitrogens is 2. The van der Waals surface area contributed by atoms with Gasteiger partial charge in [0.05, 0.1) is 11.7 Å². The van der Waals surface area contributed by atoms with E-state index in [9.17, 15) is 4.79 Å². The van der Waals surface area contributed by atoms with Gasteiger partial charge < -0.3 is 11.1 Å². The predicted octanol–water partition coefficient (Wildman–Crippen LogP) is 3.91. The first kappa shape index (κ1) is 17.5. The summed E-state index contributed by atoms with van der Waals surface area (Å²) in [6, 6.07) is 0.333. The molecule has 1 amide bonds. The molecule has 0 bridgehead atoms. The quantitative estimate of drug-likeness (QED) is 0.480. The van der Waals surface area contributed by atoms with E-state index in [1.807, 2.05) is 11.6 Å². The molecule has 0 saturated carbocycles. The summed E-state index contributed by atoms with van der Waals surface area (Å²) >= 11 is 0. The van der Waals surface area contributed by atoms with Crippen molar-refractivity contribution in [1.82, 2.24) is 9.78 Å². The molecule has 0 spiro atoms. The molecule has 0 aromatic carbocycles. The summed E-state index contributed by atoms with van der Waals surface area (Å²) in [6.45, 7) is 6.43. The van der Waals surface area contributed by atoms with Gasteiger partial charge in [0.1, 0.15) is 11.5 Å². The maximum Gasteiger partial charge on any atom is 0.211 e. The summed E-state index contributed by atoms with van der Waals surface area (Å²) in [6.07, 6.45) is 9.71. The van der Waals surface area contributed by atoms with Gasteiger partial charge in [-0.2, -0.15) is 5.10 Å². The number of nitrogens with one attached hydrogen (secondary N) is 1. The number of hydrogen-bond donors (Lipinski definition) is 2. The topological polar surface area (TPSA) is 72.9 Å². The molecule has 0 aliphatic carbocycles. The number of rotatable bonds is 11. The zero-order valence-electron chi connectivity index (χ0n) is 13.7. The predicted molar refractivity (Wildman–Crippen MR) is 88.4 cm³/mol. The molecule has 5 heteroatoms. The van der Waals surface area contributed by atoms with E-state index in [4.69, 9.17) is 5.73 Å². The third-order valence-electron chi connectivity index (χ3n) is 3.92. The Balaban J connectivity index is 2.88. The molecule has 1 unspecified atom stereocenters. The van der Waals surface area contributed by atoms with Crippen molar-refractivity contribution in [3.63, 3.8) is 0 Å². The Labute approximate surface area is 128 Å². The Morgan fingerprint density at radius 2 is 1.95 bits per heavy atom. The lowest BCUT2D eigenvalue weighted by Gasteiger charge is -2.18. The van der Waals surface area contributed by atoms with Gasteiger partial charge in [-0.05, 0) is 19.3 Å². The molecule has 0 fully saturated rings. The van der Waals surface area contributed by atoms with Gasteiger partial charge in [0.25, 0.3) is 0 Å². The number of unbranched alkanes of at least 4 members (excludes halogenated alkanes) is 3. The van der Waals surface area contributed by atoms with Crippen molar-refractivity contribution in [2.45, 2.75) is 78.2 Å². The highest BCUT2D eigenvalue weighted by atomic mass is 16.1. The summed E-state index contributed by atoms with van der Waals surface area (Å²) in [4.78, 5) is 10.7. The van der Waals surface area contributed by atoms with E-state index in [0.717, 1.165) is 31.4 Å². The van der Waals surface area contributed by atoms with Crippen molar-refractivity contribution in [3.8, 4) is 0 Å². The van der Waals surface area contributed by atoms with Crippen LogP contribution in [0.1, 0.15) is 77.5 Å². The number of aryl methyl sites for hydroxylation is 1. The van der Waals surface area contributed by atoms with Crippen LogP contribution in [-0.4, -0.2) is 16.2 Å². The maximum absolute atomic E-state index is 10.7. The van der Waals surface area contributed by atoms with E-state index in [-0.39, 0.29) is 0 Å². The van der Waals surface area contributed by atoms with Crippen LogP contribution in [0.2, 0.25) is 0 Å². The molecular formula is C16H30N4O. The zero-order chi connectivity index (χ0) is 15.7. The van der Waals surface area contributed by atoms with Crippen LogP contribution < -0.4 is 11.1 Å². The third-order valence-corrected chi connectivity index (χ3v) is 3.92. The van der Waals surface area contributed by atoms with E-state index in [1.54, 1.807) is 0 Å². The average Bonchev–Trinajstić information content (AvgIpc) is 2.80. The van der Waals surface area contributed by atoms with Gasteiger partial charge in [-0.15, -0.1) is 0 Å². The first-order valence-corrected chi connectivity index (χ1v) is 8.26. The van der Waals surface area contributed by atoms with Crippen LogP contribution in [0.3, 0.4) is 0 Å². The molecule has 1 rings (SSSR count). The monoisotopic (exact) mass is 294 g/mol. The van der Waals surface area contributed by atoms with Gasteiger partial charge in [0.15, 0.2) is 0 Å². The van der Waals surface area contributed by atoms with Crippen molar-refractivity contribution >= 4 is 17.9 Å². The Morgan fingerprint density at radius 1 is 1.19 bits per heavy atom. The van der Waals surface area contributed by atoms with Gasteiger partial charge in [-0.1, -0.05) is 52.9 Å². The molecule has 1 aromatic rings. The summed E-state index contributed by atoms with van der Waals surface area (Å²) in [5.41, 5.74) is 7.76. The lowest BCUT2D eigenvalue weighted by Crippen LogP contribution is -2.14. The molecule has 0 aliphatic rings. The lowest BCUT2D eigenvalue weighted by molar-refractivity contribution is -0.105. The van der Waals surface area contributed by atoms with Crippen molar-refractivity contribution < 1.29 is 4.79 Å². The minimum atomic E-state index is 0.333. The number of nitrogens with two attached hydrogens (primary N) is 1.